The van der Waals surface area contributed by atoms with E-state index in [2.05, 4.69) is 20.2 Å². The lowest BCUT2D eigenvalue weighted by molar-refractivity contribution is -0.120. The van der Waals surface area contributed by atoms with Crippen molar-refractivity contribution in [2.75, 3.05) is 24.5 Å². The Morgan fingerprint density at radius 1 is 1.36 bits per heavy atom. The van der Waals surface area contributed by atoms with E-state index in [1.54, 1.807) is 6.92 Å². The lowest BCUT2D eigenvalue weighted by atomic mass is 9.88. The second-order valence-electron chi connectivity index (χ2n) is 6.45. The number of rotatable bonds is 3. The minimum absolute atomic E-state index is 0.00959. The third-order valence-corrected chi connectivity index (χ3v) is 4.64. The highest BCUT2D eigenvalue weighted by atomic mass is 16.5. The zero-order valence-electron chi connectivity index (χ0n) is 13.3. The standard InChI is InChI=1S/C16H24N4O2/c1-12-9-18-15(19-10-12)20-7-5-16(6-8-20)4-3-14(22-16)11-17-13(2)21/h9-10,14H,3-8,11H2,1-2H3,(H,17,21)/t14-/m1/s1. The molecule has 0 unspecified atom stereocenters. The molecule has 2 aliphatic heterocycles. The van der Waals surface area contributed by atoms with Gasteiger partial charge in [0, 0.05) is 39.0 Å². The number of aryl methyl sites for hydroxylation is 1. The van der Waals surface area contributed by atoms with Gasteiger partial charge in [0.15, 0.2) is 0 Å². The van der Waals surface area contributed by atoms with Crippen LogP contribution in [0.5, 0.6) is 0 Å². The molecular formula is C16H24N4O2. The van der Waals surface area contributed by atoms with Gasteiger partial charge in [-0.2, -0.15) is 0 Å². The molecule has 22 heavy (non-hydrogen) atoms. The average Bonchev–Trinajstić information content (AvgIpc) is 2.90. The predicted octanol–water partition coefficient (Wildman–Crippen LogP) is 1.44. The molecule has 0 bridgehead atoms. The maximum atomic E-state index is 11.0. The lowest BCUT2D eigenvalue weighted by Gasteiger charge is -2.39. The average molecular weight is 304 g/mol. The van der Waals surface area contributed by atoms with Crippen molar-refractivity contribution in [1.29, 1.82) is 0 Å². The predicted molar refractivity (Wildman–Crippen MR) is 83.7 cm³/mol. The largest absolute Gasteiger partial charge is 0.370 e. The normalized spacial score (nSPS) is 23.7. The van der Waals surface area contributed by atoms with Crippen LogP contribution in [0.15, 0.2) is 12.4 Å². The monoisotopic (exact) mass is 304 g/mol. The molecule has 0 aromatic carbocycles. The van der Waals surface area contributed by atoms with Crippen molar-refractivity contribution in [2.45, 2.75) is 51.2 Å². The van der Waals surface area contributed by atoms with E-state index < -0.39 is 0 Å². The maximum absolute atomic E-state index is 11.0. The first-order valence-electron chi connectivity index (χ1n) is 8.02. The minimum atomic E-state index is -0.00959. The van der Waals surface area contributed by atoms with Crippen LogP contribution in [0.25, 0.3) is 0 Å². The number of hydrogen-bond acceptors (Lipinski definition) is 5. The molecular weight excluding hydrogens is 280 g/mol. The van der Waals surface area contributed by atoms with Crippen molar-refractivity contribution >= 4 is 11.9 Å². The van der Waals surface area contributed by atoms with Crippen LogP contribution in [0.3, 0.4) is 0 Å². The van der Waals surface area contributed by atoms with Gasteiger partial charge in [-0.15, -0.1) is 0 Å². The first-order chi connectivity index (χ1) is 10.6. The smallest absolute Gasteiger partial charge is 0.225 e. The zero-order chi connectivity index (χ0) is 15.6. The molecule has 0 saturated carbocycles. The quantitative estimate of drug-likeness (QED) is 0.915. The van der Waals surface area contributed by atoms with E-state index in [-0.39, 0.29) is 17.6 Å². The summed E-state index contributed by atoms with van der Waals surface area (Å²) in [5.41, 5.74) is 1.07. The number of anilines is 1. The third-order valence-electron chi connectivity index (χ3n) is 4.64. The van der Waals surface area contributed by atoms with Crippen LogP contribution in [0, 0.1) is 6.92 Å². The van der Waals surface area contributed by atoms with Crippen LogP contribution in [-0.4, -0.2) is 47.2 Å². The molecule has 1 atom stereocenters. The number of carbonyl (C=O) groups is 1. The molecule has 0 radical (unpaired) electrons. The first-order valence-corrected chi connectivity index (χ1v) is 8.02. The van der Waals surface area contributed by atoms with Crippen molar-refractivity contribution in [3.63, 3.8) is 0 Å². The molecule has 1 aromatic heterocycles. The molecule has 3 rings (SSSR count). The summed E-state index contributed by atoms with van der Waals surface area (Å²) in [5, 5.41) is 2.86. The Bertz CT molecular complexity index is 523. The lowest BCUT2D eigenvalue weighted by Crippen LogP contribution is -2.45. The van der Waals surface area contributed by atoms with E-state index in [1.165, 1.54) is 0 Å². The summed E-state index contributed by atoms with van der Waals surface area (Å²) in [6.07, 6.45) is 8.00. The van der Waals surface area contributed by atoms with Gasteiger partial charge >= 0.3 is 0 Å². The fourth-order valence-electron chi connectivity index (χ4n) is 3.33. The molecule has 1 spiro atoms. The molecule has 3 heterocycles. The highest BCUT2D eigenvalue weighted by molar-refractivity contribution is 5.72. The Morgan fingerprint density at radius 2 is 2.05 bits per heavy atom. The van der Waals surface area contributed by atoms with Crippen molar-refractivity contribution < 1.29 is 9.53 Å². The molecule has 1 aromatic rings. The van der Waals surface area contributed by atoms with Crippen LogP contribution in [0.2, 0.25) is 0 Å². The zero-order valence-corrected chi connectivity index (χ0v) is 13.3. The Morgan fingerprint density at radius 3 is 2.68 bits per heavy atom. The van der Waals surface area contributed by atoms with Crippen LogP contribution < -0.4 is 10.2 Å². The number of nitrogens with one attached hydrogen (secondary N) is 1. The molecule has 2 saturated heterocycles. The molecule has 0 aliphatic carbocycles. The summed E-state index contributed by atoms with van der Waals surface area (Å²) in [6.45, 7) is 6.02. The van der Waals surface area contributed by atoms with Crippen molar-refractivity contribution in [3.05, 3.63) is 18.0 Å². The van der Waals surface area contributed by atoms with E-state index in [0.29, 0.717) is 6.54 Å². The van der Waals surface area contributed by atoms with E-state index in [1.807, 2.05) is 19.3 Å². The van der Waals surface area contributed by atoms with Crippen LogP contribution in [0.4, 0.5) is 5.95 Å². The van der Waals surface area contributed by atoms with Crippen LogP contribution >= 0.6 is 0 Å². The Balaban J connectivity index is 1.53. The third kappa shape index (κ3) is 3.38. The summed E-state index contributed by atoms with van der Waals surface area (Å²) in [5.74, 6) is 0.823. The number of nitrogens with zero attached hydrogens (tertiary/aromatic N) is 3. The fraction of sp³-hybridized carbons (Fsp3) is 0.688. The SMILES string of the molecule is CC(=O)NC[C@H]1CCC2(CCN(c3ncc(C)cn3)CC2)O1. The van der Waals surface area contributed by atoms with Crippen LogP contribution in [0.1, 0.15) is 38.2 Å². The summed E-state index contributed by atoms with van der Waals surface area (Å²) in [4.78, 5) is 22.1. The van der Waals surface area contributed by atoms with Gasteiger partial charge in [-0.3, -0.25) is 4.79 Å². The van der Waals surface area contributed by atoms with Gasteiger partial charge in [0.2, 0.25) is 11.9 Å². The second kappa shape index (κ2) is 6.20. The Hall–Kier alpha value is -1.69. The van der Waals surface area contributed by atoms with Crippen molar-refractivity contribution in [3.8, 4) is 0 Å². The molecule has 2 aliphatic rings. The molecule has 2 fully saturated rings. The molecule has 1 amide bonds. The number of aromatic nitrogens is 2. The Labute approximate surface area is 131 Å². The van der Waals surface area contributed by atoms with Gasteiger partial charge in [0.25, 0.3) is 0 Å². The summed E-state index contributed by atoms with van der Waals surface area (Å²) in [6, 6.07) is 0. The molecule has 6 heteroatoms. The van der Waals surface area contributed by atoms with Gasteiger partial charge in [-0.1, -0.05) is 0 Å². The highest BCUT2D eigenvalue weighted by Crippen LogP contribution is 2.39. The highest BCUT2D eigenvalue weighted by Gasteiger charge is 2.42. The number of amides is 1. The number of piperidine rings is 1. The van der Waals surface area contributed by atoms with Gasteiger partial charge in [-0.25, -0.2) is 9.97 Å². The van der Waals surface area contributed by atoms with Crippen LogP contribution in [-0.2, 0) is 9.53 Å². The van der Waals surface area contributed by atoms with E-state index in [0.717, 1.165) is 50.3 Å². The van der Waals surface area contributed by atoms with E-state index in [9.17, 15) is 4.79 Å². The van der Waals surface area contributed by atoms with Crippen molar-refractivity contribution in [2.24, 2.45) is 0 Å². The number of ether oxygens (including phenoxy) is 1. The number of carbonyl (C=O) groups excluding carboxylic acids is 1. The number of hydrogen-bond donors (Lipinski definition) is 1. The van der Waals surface area contributed by atoms with E-state index in [4.69, 9.17) is 4.74 Å². The molecule has 1 N–H and O–H groups in total. The van der Waals surface area contributed by atoms with Gasteiger partial charge in [-0.05, 0) is 38.2 Å². The maximum Gasteiger partial charge on any atom is 0.225 e. The summed E-state index contributed by atoms with van der Waals surface area (Å²) < 4.78 is 6.26. The summed E-state index contributed by atoms with van der Waals surface area (Å²) in [7, 11) is 0. The first kappa shape index (κ1) is 15.2. The Kier molecular flexibility index (Phi) is 4.29. The van der Waals surface area contributed by atoms with Crippen molar-refractivity contribution in [1.82, 2.24) is 15.3 Å². The fourth-order valence-corrected chi connectivity index (χ4v) is 3.33. The second-order valence-corrected chi connectivity index (χ2v) is 6.45. The summed E-state index contributed by atoms with van der Waals surface area (Å²) >= 11 is 0. The van der Waals surface area contributed by atoms with Gasteiger partial charge in [0.05, 0.1) is 11.7 Å². The van der Waals surface area contributed by atoms with Gasteiger partial charge in [0.1, 0.15) is 0 Å². The molecule has 6 nitrogen and oxygen atoms in total. The van der Waals surface area contributed by atoms with Gasteiger partial charge < -0.3 is 15.0 Å². The molecule has 120 valence electrons. The van der Waals surface area contributed by atoms with E-state index >= 15 is 0 Å². The minimum Gasteiger partial charge on any atom is -0.370 e. The topological polar surface area (TPSA) is 67.4 Å².